The number of hydrogen-bond acceptors (Lipinski definition) is 2. The topological polar surface area (TPSA) is 62.6 Å². The van der Waals surface area contributed by atoms with E-state index in [1.807, 2.05) is 13.0 Å². The molecule has 5 nitrogen and oxygen atoms in total. The van der Waals surface area contributed by atoms with Crippen molar-refractivity contribution in [3.8, 4) is 0 Å². The third kappa shape index (κ3) is 4.06. The number of carbonyl (C=O) groups is 2. The quantitative estimate of drug-likeness (QED) is 0.717. The molecule has 108 valence electrons. The fourth-order valence-corrected chi connectivity index (χ4v) is 2.47. The molecule has 2 rings (SSSR count). The van der Waals surface area contributed by atoms with E-state index in [0.29, 0.717) is 13.1 Å². The summed E-state index contributed by atoms with van der Waals surface area (Å²) < 4.78 is 0. The van der Waals surface area contributed by atoms with E-state index in [9.17, 15) is 9.59 Å². The number of benzene rings is 1. The second kappa shape index (κ2) is 7.05. The zero-order valence-electron chi connectivity index (χ0n) is 11.9. The van der Waals surface area contributed by atoms with E-state index in [2.05, 4.69) is 28.8 Å². The molecule has 0 spiro atoms. The van der Waals surface area contributed by atoms with Crippen LogP contribution in [-0.2, 0) is 17.8 Å². The van der Waals surface area contributed by atoms with Crippen molar-refractivity contribution in [3.05, 3.63) is 35.4 Å². The molecule has 1 aromatic rings. The van der Waals surface area contributed by atoms with Gasteiger partial charge in [-0.2, -0.15) is 0 Å². The first-order valence-corrected chi connectivity index (χ1v) is 7.17. The van der Waals surface area contributed by atoms with Crippen LogP contribution in [0.25, 0.3) is 0 Å². The number of amides is 3. The maximum absolute atomic E-state index is 11.8. The van der Waals surface area contributed by atoms with Crippen LogP contribution in [0.3, 0.4) is 0 Å². The second-order valence-electron chi connectivity index (χ2n) is 5.18. The van der Waals surface area contributed by atoms with Gasteiger partial charge >= 0.3 is 6.03 Å². The lowest BCUT2D eigenvalue weighted by Gasteiger charge is -2.25. The predicted molar refractivity (Wildman–Crippen MR) is 76.4 cm³/mol. The Balaban J connectivity index is 1.80. The molecule has 1 atom stereocenters. The van der Waals surface area contributed by atoms with Crippen molar-refractivity contribution in [1.29, 1.82) is 0 Å². The lowest BCUT2D eigenvalue weighted by atomic mass is 10.00. The van der Waals surface area contributed by atoms with Crippen molar-refractivity contribution >= 4 is 11.9 Å². The molecule has 1 aromatic carbocycles. The molecule has 1 unspecified atom stereocenters. The highest BCUT2D eigenvalue weighted by Gasteiger charge is 2.21. The van der Waals surface area contributed by atoms with Gasteiger partial charge in [0.15, 0.2) is 6.54 Å². The number of carbonyl (C=O) groups excluding carboxylic acids is 2. The summed E-state index contributed by atoms with van der Waals surface area (Å²) in [5, 5.41) is 5.01. The molecule has 1 aliphatic rings. The van der Waals surface area contributed by atoms with Crippen molar-refractivity contribution in [2.24, 2.45) is 0 Å². The number of imide groups is 1. The Bertz CT molecular complexity index is 488. The van der Waals surface area contributed by atoms with Crippen LogP contribution in [0.15, 0.2) is 24.3 Å². The number of urea groups is 1. The molecule has 0 aliphatic carbocycles. The Kier molecular flexibility index (Phi) is 5.12. The first-order chi connectivity index (χ1) is 9.69. The molecule has 0 saturated carbocycles. The van der Waals surface area contributed by atoms with E-state index in [1.54, 1.807) is 0 Å². The van der Waals surface area contributed by atoms with Crippen LogP contribution in [0.2, 0.25) is 0 Å². The van der Waals surface area contributed by atoms with Crippen LogP contribution in [0.4, 0.5) is 4.79 Å². The van der Waals surface area contributed by atoms with Crippen LogP contribution in [-0.4, -0.2) is 31.6 Å². The fourth-order valence-electron chi connectivity index (χ4n) is 2.47. The highest BCUT2D eigenvalue weighted by molar-refractivity contribution is 5.94. The molecule has 0 saturated heterocycles. The summed E-state index contributed by atoms with van der Waals surface area (Å²) in [6, 6.07) is 7.94. The zero-order valence-corrected chi connectivity index (χ0v) is 11.9. The molecular weight excluding hydrogens is 254 g/mol. The van der Waals surface area contributed by atoms with Gasteiger partial charge < -0.3 is 10.2 Å². The number of rotatable bonds is 4. The molecule has 0 fully saturated rings. The lowest BCUT2D eigenvalue weighted by Crippen LogP contribution is -3.13. The van der Waals surface area contributed by atoms with Gasteiger partial charge in [-0.1, -0.05) is 31.2 Å². The van der Waals surface area contributed by atoms with Crippen molar-refractivity contribution in [2.75, 3.05) is 19.6 Å². The van der Waals surface area contributed by atoms with E-state index >= 15 is 0 Å². The van der Waals surface area contributed by atoms with E-state index in [0.717, 1.165) is 25.9 Å². The van der Waals surface area contributed by atoms with Gasteiger partial charge in [0, 0.05) is 18.5 Å². The third-order valence-corrected chi connectivity index (χ3v) is 3.51. The minimum atomic E-state index is -0.395. The van der Waals surface area contributed by atoms with E-state index in [4.69, 9.17) is 0 Å². The Labute approximate surface area is 119 Å². The standard InChI is InChI=1S/C15H21N3O2/c1-2-8-16-15(20)17-14(19)11-18-9-7-12-5-3-4-6-13(12)10-18/h3-6H,2,7-11H2,1H3,(H2,16,17,19,20)/p+1. The van der Waals surface area contributed by atoms with Crippen molar-refractivity contribution in [1.82, 2.24) is 10.6 Å². The van der Waals surface area contributed by atoms with Crippen LogP contribution in [0, 0.1) is 0 Å². The molecule has 3 amide bonds. The van der Waals surface area contributed by atoms with Crippen LogP contribution >= 0.6 is 0 Å². The molecule has 0 aromatic heterocycles. The lowest BCUT2D eigenvalue weighted by molar-refractivity contribution is -0.908. The molecule has 5 heteroatoms. The summed E-state index contributed by atoms with van der Waals surface area (Å²) in [5.41, 5.74) is 2.68. The molecule has 3 N–H and O–H groups in total. The highest BCUT2D eigenvalue weighted by Crippen LogP contribution is 2.10. The summed E-state index contributed by atoms with van der Waals surface area (Å²) in [6.07, 6.45) is 1.84. The first-order valence-electron chi connectivity index (χ1n) is 7.17. The average Bonchev–Trinajstić information content (AvgIpc) is 2.44. The van der Waals surface area contributed by atoms with Gasteiger partial charge in [0.25, 0.3) is 5.91 Å². The number of quaternary nitrogens is 1. The van der Waals surface area contributed by atoms with Gasteiger partial charge in [-0.3, -0.25) is 10.1 Å². The summed E-state index contributed by atoms with van der Waals surface area (Å²) in [6.45, 7) is 4.68. The summed E-state index contributed by atoms with van der Waals surface area (Å²) in [5.74, 6) is -0.215. The Morgan fingerprint density at radius 3 is 2.75 bits per heavy atom. The SMILES string of the molecule is CCCNC(=O)NC(=O)C[NH+]1CCc2ccccc2C1. The minimum absolute atomic E-state index is 0.215. The molecule has 0 bridgehead atoms. The number of hydrogen-bond donors (Lipinski definition) is 3. The molecular formula is C15H22N3O2+. The molecule has 1 aliphatic heterocycles. The van der Waals surface area contributed by atoms with Crippen molar-refractivity contribution in [3.63, 3.8) is 0 Å². The monoisotopic (exact) mass is 276 g/mol. The minimum Gasteiger partial charge on any atom is -0.338 e. The second-order valence-corrected chi connectivity index (χ2v) is 5.18. The molecule has 20 heavy (non-hydrogen) atoms. The van der Waals surface area contributed by atoms with Gasteiger partial charge in [0.05, 0.1) is 6.54 Å². The smallest absolute Gasteiger partial charge is 0.321 e. The largest absolute Gasteiger partial charge is 0.338 e. The van der Waals surface area contributed by atoms with Gasteiger partial charge in [-0.15, -0.1) is 0 Å². The Morgan fingerprint density at radius 1 is 1.25 bits per heavy atom. The van der Waals surface area contributed by atoms with Crippen LogP contribution in [0.5, 0.6) is 0 Å². The normalized spacial score (nSPS) is 17.1. The molecule has 0 radical (unpaired) electrons. The first kappa shape index (κ1) is 14.5. The Hall–Kier alpha value is -1.88. The number of nitrogens with one attached hydrogen (secondary N) is 3. The van der Waals surface area contributed by atoms with E-state index < -0.39 is 6.03 Å². The fraction of sp³-hybridized carbons (Fsp3) is 0.467. The van der Waals surface area contributed by atoms with Gasteiger partial charge in [0.2, 0.25) is 0 Å². The van der Waals surface area contributed by atoms with Gasteiger partial charge in [-0.05, 0) is 12.0 Å². The van der Waals surface area contributed by atoms with E-state index in [-0.39, 0.29) is 5.91 Å². The van der Waals surface area contributed by atoms with Crippen molar-refractivity contribution < 1.29 is 14.5 Å². The Morgan fingerprint density at radius 2 is 2.00 bits per heavy atom. The van der Waals surface area contributed by atoms with Crippen LogP contribution in [0.1, 0.15) is 24.5 Å². The van der Waals surface area contributed by atoms with Crippen molar-refractivity contribution in [2.45, 2.75) is 26.3 Å². The van der Waals surface area contributed by atoms with Gasteiger partial charge in [0.1, 0.15) is 6.54 Å². The number of fused-ring (bicyclic) bond motifs is 1. The predicted octanol–water partition coefficient (Wildman–Crippen LogP) is -0.137. The van der Waals surface area contributed by atoms with Crippen LogP contribution < -0.4 is 15.5 Å². The maximum atomic E-state index is 11.8. The summed E-state index contributed by atoms with van der Waals surface area (Å²) >= 11 is 0. The van der Waals surface area contributed by atoms with E-state index in [1.165, 1.54) is 16.0 Å². The molecule has 1 heterocycles. The summed E-state index contributed by atoms with van der Waals surface area (Å²) in [4.78, 5) is 24.4. The average molecular weight is 276 g/mol. The highest BCUT2D eigenvalue weighted by atomic mass is 16.2. The third-order valence-electron chi connectivity index (χ3n) is 3.51. The summed E-state index contributed by atoms with van der Waals surface area (Å²) in [7, 11) is 0. The van der Waals surface area contributed by atoms with Gasteiger partial charge in [-0.25, -0.2) is 4.79 Å². The zero-order chi connectivity index (χ0) is 14.4. The maximum Gasteiger partial charge on any atom is 0.321 e.